The molecule has 0 N–H and O–H groups in total. The highest BCUT2D eigenvalue weighted by atomic mass is 32.2. The molecule has 1 aromatic heterocycles. The van der Waals surface area contributed by atoms with Gasteiger partial charge in [0, 0.05) is 11.9 Å². The Morgan fingerprint density at radius 3 is 2.38 bits per heavy atom. The van der Waals surface area contributed by atoms with Gasteiger partial charge in [-0.05, 0) is 49.1 Å². The molecule has 1 aliphatic heterocycles. The minimum absolute atomic E-state index is 0.161. The van der Waals surface area contributed by atoms with E-state index in [4.69, 9.17) is 9.72 Å². The number of carbonyl (C=O) groups is 1. The molecule has 3 aromatic rings. The molecule has 0 saturated heterocycles. The summed E-state index contributed by atoms with van der Waals surface area (Å²) < 4.78 is 34.3. The molecule has 34 heavy (non-hydrogen) atoms. The lowest BCUT2D eigenvalue weighted by Crippen LogP contribution is -2.48. The number of sulfonamides is 1. The molecule has 0 spiro atoms. The summed E-state index contributed by atoms with van der Waals surface area (Å²) in [5, 5.41) is 0.715. The fourth-order valence-electron chi connectivity index (χ4n) is 4.09. The highest BCUT2D eigenvalue weighted by Crippen LogP contribution is 2.32. The van der Waals surface area contributed by atoms with Crippen LogP contribution in [0.1, 0.15) is 33.6 Å². The summed E-state index contributed by atoms with van der Waals surface area (Å²) in [5.41, 5.74) is 3.61. The summed E-state index contributed by atoms with van der Waals surface area (Å²) in [6, 6.07) is 18.1. The van der Waals surface area contributed by atoms with Crippen molar-refractivity contribution in [3.05, 3.63) is 83.0 Å². The predicted molar refractivity (Wildman–Crippen MR) is 137 cm³/mol. The van der Waals surface area contributed by atoms with Gasteiger partial charge in [0.05, 0.1) is 10.6 Å². The number of aromatic nitrogens is 1. The van der Waals surface area contributed by atoms with Crippen molar-refractivity contribution in [3.63, 3.8) is 0 Å². The molecule has 8 heteroatoms. The minimum atomic E-state index is -3.75. The predicted octanol–water partition coefficient (Wildman–Crippen LogP) is 4.43. The largest absolute Gasteiger partial charge is 0.456 e. The highest BCUT2D eigenvalue weighted by molar-refractivity contribution is 7.92. The maximum Gasteiger partial charge on any atom is 0.357 e. The summed E-state index contributed by atoms with van der Waals surface area (Å²) in [6.45, 7) is 8.81. The van der Waals surface area contributed by atoms with Crippen LogP contribution in [-0.4, -0.2) is 34.0 Å². The van der Waals surface area contributed by atoms with Crippen LogP contribution in [0, 0.1) is 6.92 Å². The minimum Gasteiger partial charge on any atom is -0.456 e. The third kappa shape index (κ3) is 4.93. The van der Waals surface area contributed by atoms with Crippen molar-refractivity contribution in [3.8, 4) is 0 Å². The molecule has 2 aromatic carbocycles. The Morgan fingerprint density at radius 2 is 1.74 bits per heavy atom. The number of nitrogens with zero attached hydrogens (tertiary/aromatic N) is 2. The normalized spacial score (nSPS) is 13.9. The number of aryl methyl sites for hydroxylation is 2. The topological polar surface area (TPSA) is 76.6 Å². The van der Waals surface area contributed by atoms with E-state index in [2.05, 4.69) is 19.6 Å². The zero-order chi connectivity index (χ0) is 24.5. The van der Waals surface area contributed by atoms with Gasteiger partial charge in [0.25, 0.3) is 10.0 Å². The standard InChI is InChI=1S/C26H30N2O4SSi/c1-19-12-14-22(15-13-19)33(30,31)28-16-8-11-21-17-23(27-25(24(21)28)34(2,3)4)26(29)32-18-20-9-6-5-7-10-20/h5-7,9-10,12-15,17H,8,11,16,18H2,1-4H3. The first-order valence-electron chi connectivity index (χ1n) is 11.4. The van der Waals surface area contributed by atoms with Crippen molar-refractivity contribution in [2.75, 3.05) is 10.8 Å². The smallest absolute Gasteiger partial charge is 0.357 e. The number of anilines is 1. The molecule has 4 rings (SSSR count). The van der Waals surface area contributed by atoms with Gasteiger partial charge < -0.3 is 4.74 Å². The van der Waals surface area contributed by atoms with Gasteiger partial charge >= 0.3 is 5.97 Å². The second-order valence-electron chi connectivity index (χ2n) is 9.67. The lowest BCUT2D eigenvalue weighted by Gasteiger charge is -2.35. The van der Waals surface area contributed by atoms with E-state index in [0.717, 1.165) is 16.7 Å². The van der Waals surface area contributed by atoms with Crippen molar-refractivity contribution < 1.29 is 17.9 Å². The Balaban J connectivity index is 1.74. The number of rotatable bonds is 6. The number of ether oxygens (including phenoxy) is 1. The molecule has 0 aliphatic carbocycles. The van der Waals surface area contributed by atoms with E-state index >= 15 is 0 Å². The van der Waals surface area contributed by atoms with Crippen LogP contribution in [0.5, 0.6) is 0 Å². The van der Waals surface area contributed by atoms with Gasteiger partial charge in [-0.2, -0.15) is 0 Å². The van der Waals surface area contributed by atoms with Crippen LogP contribution in [0.15, 0.2) is 65.6 Å². The maximum absolute atomic E-state index is 13.6. The van der Waals surface area contributed by atoms with Crippen LogP contribution in [0.2, 0.25) is 19.6 Å². The third-order valence-corrected chi connectivity index (χ3v) is 9.45. The Bertz CT molecular complexity index is 1300. The number of hydrogen-bond acceptors (Lipinski definition) is 5. The van der Waals surface area contributed by atoms with E-state index < -0.39 is 24.1 Å². The van der Waals surface area contributed by atoms with Crippen LogP contribution in [0.3, 0.4) is 0 Å². The monoisotopic (exact) mass is 494 g/mol. The van der Waals surface area contributed by atoms with E-state index in [1.54, 1.807) is 30.3 Å². The molecule has 0 radical (unpaired) electrons. The average Bonchev–Trinajstić information content (AvgIpc) is 2.81. The van der Waals surface area contributed by atoms with Gasteiger partial charge in [0.15, 0.2) is 0 Å². The van der Waals surface area contributed by atoms with Crippen LogP contribution in [0.4, 0.5) is 5.69 Å². The molecule has 6 nitrogen and oxygen atoms in total. The summed E-state index contributed by atoms with van der Waals surface area (Å²) in [5.74, 6) is -0.496. The Morgan fingerprint density at radius 1 is 1.06 bits per heavy atom. The Hall–Kier alpha value is -2.97. The summed E-state index contributed by atoms with van der Waals surface area (Å²) in [7, 11) is -5.89. The Kier molecular flexibility index (Phi) is 6.64. The molecule has 1 aliphatic rings. The average molecular weight is 495 g/mol. The number of fused-ring (bicyclic) bond motifs is 1. The van der Waals surface area contributed by atoms with Gasteiger partial charge in [0.1, 0.15) is 20.4 Å². The SMILES string of the molecule is Cc1ccc(S(=O)(=O)N2CCCc3cc(C(=O)OCc4ccccc4)nc([Si](C)(C)C)c32)cc1. The number of esters is 1. The summed E-state index contributed by atoms with van der Waals surface area (Å²) in [4.78, 5) is 17.9. The first-order chi connectivity index (χ1) is 16.1. The van der Waals surface area contributed by atoms with E-state index in [1.165, 1.54) is 4.31 Å². The van der Waals surface area contributed by atoms with Crippen LogP contribution >= 0.6 is 0 Å². The fraction of sp³-hybridized carbons (Fsp3) is 0.308. The molecule has 0 fully saturated rings. The number of carbonyl (C=O) groups excluding carboxylic acids is 1. The van der Waals surface area contributed by atoms with Gasteiger partial charge in [0.2, 0.25) is 0 Å². The number of pyridine rings is 1. The number of benzene rings is 2. The van der Waals surface area contributed by atoms with Crippen molar-refractivity contribution in [1.82, 2.24) is 4.98 Å². The van der Waals surface area contributed by atoms with Crippen LogP contribution in [0.25, 0.3) is 0 Å². The zero-order valence-electron chi connectivity index (χ0n) is 20.0. The third-order valence-electron chi connectivity index (χ3n) is 5.87. The van der Waals surface area contributed by atoms with Gasteiger partial charge in [-0.25, -0.2) is 18.2 Å². The van der Waals surface area contributed by atoms with Crippen molar-refractivity contribution in [1.29, 1.82) is 0 Å². The molecular weight excluding hydrogens is 464 g/mol. The second-order valence-corrected chi connectivity index (χ2v) is 16.5. The molecule has 0 saturated carbocycles. The van der Waals surface area contributed by atoms with E-state index in [9.17, 15) is 13.2 Å². The molecule has 0 atom stereocenters. The van der Waals surface area contributed by atoms with Gasteiger partial charge in [-0.3, -0.25) is 4.31 Å². The van der Waals surface area contributed by atoms with Crippen molar-refractivity contribution in [2.45, 2.75) is 50.9 Å². The molecule has 178 valence electrons. The Labute approximate surface area is 202 Å². The molecule has 0 bridgehead atoms. The lowest BCUT2D eigenvalue weighted by molar-refractivity contribution is 0.0466. The quantitative estimate of drug-likeness (QED) is 0.374. The van der Waals surface area contributed by atoms with Crippen LogP contribution in [-0.2, 0) is 27.8 Å². The maximum atomic E-state index is 13.6. The summed E-state index contributed by atoms with van der Waals surface area (Å²) in [6.07, 6.45) is 1.36. The van der Waals surface area contributed by atoms with Gasteiger partial charge in [-0.15, -0.1) is 0 Å². The van der Waals surface area contributed by atoms with Crippen molar-refractivity contribution >= 4 is 35.1 Å². The van der Waals surface area contributed by atoms with Crippen LogP contribution < -0.4 is 9.62 Å². The lowest BCUT2D eigenvalue weighted by atomic mass is 10.0. The first-order valence-corrected chi connectivity index (χ1v) is 16.4. The van der Waals surface area contributed by atoms with E-state index in [0.29, 0.717) is 30.4 Å². The fourth-order valence-corrected chi connectivity index (χ4v) is 7.18. The van der Waals surface area contributed by atoms with E-state index in [1.807, 2.05) is 37.3 Å². The zero-order valence-corrected chi connectivity index (χ0v) is 21.9. The highest BCUT2D eigenvalue weighted by Gasteiger charge is 2.36. The van der Waals surface area contributed by atoms with Crippen molar-refractivity contribution in [2.24, 2.45) is 0 Å². The molecule has 0 unspecified atom stereocenters. The second kappa shape index (κ2) is 9.35. The number of hydrogen-bond donors (Lipinski definition) is 0. The summed E-state index contributed by atoms with van der Waals surface area (Å²) >= 11 is 0. The molecule has 0 amide bonds. The molecular formula is C26H30N2O4SSi. The molecule has 2 heterocycles. The van der Waals surface area contributed by atoms with Gasteiger partial charge in [-0.1, -0.05) is 67.7 Å². The van der Waals surface area contributed by atoms with E-state index in [-0.39, 0.29) is 17.2 Å². The first kappa shape index (κ1) is 24.2.